The molecule has 1 aromatic heterocycles. The fourth-order valence-corrected chi connectivity index (χ4v) is 2.76. The summed E-state index contributed by atoms with van der Waals surface area (Å²) < 4.78 is 0. The number of rotatable bonds is 7. The number of carbonyl (C=O) groups is 1. The molecule has 2 N–H and O–H groups in total. The SMILES string of the molecule is CNCCNC(=O)CCCc1cc(C)sc1C.Cl. The van der Waals surface area contributed by atoms with Crippen molar-refractivity contribution >= 4 is 29.7 Å². The third-order valence-electron chi connectivity index (χ3n) is 2.69. The lowest BCUT2D eigenvalue weighted by Crippen LogP contribution is -2.30. The van der Waals surface area contributed by atoms with E-state index in [1.54, 1.807) is 0 Å². The van der Waals surface area contributed by atoms with E-state index in [0.717, 1.165) is 19.4 Å². The monoisotopic (exact) mass is 290 g/mol. The molecule has 0 saturated carbocycles. The van der Waals surface area contributed by atoms with Crippen molar-refractivity contribution in [2.45, 2.75) is 33.1 Å². The molecule has 104 valence electrons. The Kier molecular flexibility index (Phi) is 9.06. The van der Waals surface area contributed by atoms with Gasteiger partial charge >= 0.3 is 0 Å². The van der Waals surface area contributed by atoms with Gasteiger partial charge in [0.15, 0.2) is 0 Å². The zero-order valence-corrected chi connectivity index (χ0v) is 13.0. The van der Waals surface area contributed by atoms with Crippen molar-refractivity contribution in [1.82, 2.24) is 10.6 Å². The lowest BCUT2D eigenvalue weighted by atomic mass is 10.1. The van der Waals surface area contributed by atoms with Crippen molar-refractivity contribution in [3.05, 3.63) is 21.4 Å². The molecule has 0 fully saturated rings. The summed E-state index contributed by atoms with van der Waals surface area (Å²) in [5, 5.41) is 5.89. The molecule has 18 heavy (non-hydrogen) atoms. The summed E-state index contributed by atoms with van der Waals surface area (Å²) in [6, 6.07) is 2.24. The van der Waals surface area contributed by atoms with Gasteiger partial charge < -0.3 is 10.6 Å². The summed E-state index contributed by atoms with van der Waals surface area (Å²) in [5.74, 6) is 0.157. The minimum Gasteiger partial charge on any atom is -0.355 e. The van der Waals surface area contributed by atoms with Gasteiger partial charge in [0, 0.05) is 29.3 Å². The van der Waals surface area contributed by atoms with Crippen LogP contribution in [-0.4, -0.2) is 26.0 Å². The molecule has 1 heterocycles. The molecule has 0 unspecified atom stereocenters. The maximum atomic E-state index is 11.5. The second-order valence-electron chi connectivity index (χ2n) is 4.25. The average molecular weight is 291 g/mol. The molecule has 0 aliphatic carbocycles. The highest BCUT2D eigenvalue weighted by Gasteiger charge is 2.04. The lowest BCUT2D eigenvalue weighted by molar-refractivity contribution is -0.121. The smallest absolute Gasteiger partial charge is 0.220 e. The molecule has 1 amide bonds. The molecule has 3 nitrogen and oxygen atoms in total. The number of aryl methyl sites for hydroxylation is 3. The molecule has 0 saturated heterocycles. The van der Waals surface area contributed by atoms with E-state index in [2.05, 4.69) is 30.5 Å². The minimum absolute atomic E-state index is 0. The van der Waals surface area contributed by atoms with E-state index in [1.165, 1.54) is 15.3 Å². The summed E-state index contributed by atoms with van der Waals surface area (Å²) >= 11 is 1.84. The highest BCUT2D eigenvalue weighted by molar-refractivity contribution is 7.12. The van der Waals surface area contributed by atoms with E-state index in [9.17, 15) is 4.79 Å². The number of nitrogens with one attached hydrogen (secondary N) is 2. The number of amides is 1. The van der Waals surface area contributed by atoms with Gasteiger partial charge in [0.25, 0.3) is 0 Å². The molecule has 0 spiro atoms. The molecule has 0 aliphatic rings. The minimum atomic E-state index is 0. The van der Waals surface area contributed by atoms with Gasteiger partial charge in [0.05, 0.1) is 0 Å². The van der Waals surface area contributed by atoms with Crippen LogP contribution in [0.2, 0.25) is 0 Å². The first-order chi connectivity index (χ1) is 8.13. The summed E-state index contributed by atoms with van der Waals surface area (Å²) in [7, 11) is 1.88. The van der Waals surface area contributed by atoms with Crippen LogP contribution < -0.4 is 10.6 Å². The van der Waals surface area contributed by atoms with Crippen LogP contribution in [0.4, 0.5) is 0 Å². The largest absolute Gasteiger partial charge is 0.355 e. The van der Waals surface area contributed by atoms with Crippen LogP contribution in [0.15, 0.2) is 6.07 Å². The molecular formula is C13H23ClN2OS. The number of likely N-dealkylation sites (N-methyl/N-ethyl adjacent to an activating group) is 1. The Morgan fingerprint density at radius 3 is 2.61 bits per heavy atom. The van der Waals surface area contributed by atoms with Crippen molar-refractivity contribution in [3.8, 4) is 0 Å². The summed E-state index contributed by atoms with van der Waals surface area (Å²) in [6.45, 7) is 5.83. The molecular weight excluding hydrogens is 268 g/mol. The zero-order chi connectivity index (χ0) is 12.7. The zero-order valence-electron chi connectivity index (χ0n) is 11.3. The average Bonchev–Trinajstić information content (AvgIpc) is 2.58. The van der Waals surface area contributed by atoms with Gasteiger partial charge in [-0.1, -0.05) is 0 Å². The third-order valence-corrected chi connectivity index (χ3v) is 3.70. The van der Waals surface area contributed by atoms with Crippen LogP contribution in [0.25, 0.3) is 0 Å². The predicted octanol–water partition coefficient (Wildman–Crippen LogP) is 2.45. The second-order valence-corrected chi connectivity index (χ2v) is 5.71. The second kappa shape index (κ2) is 9.36. The maximum absolute atomic E-state index is 11.5. The Balaban J connectivity index is 0.00000289. The van der Waals surface area contributed by atoms with E-state index in [4.69, 9.17) is 0 Å². The fraction of sp³-hybridized carbons (Fsp3) is 0.615. The van der Waals surface area contributed by atoms with Crippen molar-refractivity contribution in [2.24, 2.45) is 0 Å². The molecule has 1 rings (SSSR count). The van der Waals surface area contributed by atoms with Gasteiger partial charge in [0.1, 0.15) is 0 Å². The van der Waals surface area contributed by atoms with Crippen LogP contribution in [-0.2, 0) is 11.2 Å². The van der Waals surface area contributed by atoms with Crippen molar-refractivity contribution in [1.29, 1.82) is 0 Å². The van der Waals surface area contributed by atoms with Crippen LogP contribution in [0.3, 0.4) is 0 Å². The molecule has 0 aromatic carbocycles. The number of thiophene rings is 1. The highest BCUT2D eigenvalue weighted by atomic mass is 35.5. The van der Waals surface area contributed by atoms with Gasteiger partial charge in [-0.3, -0.25) is 4.79 Å². The Bertz CT molecular complexity index is 366. The van der Waals surface area contributed by atoms with Crippen LogP contribution in [0.1, 0.15) is 28.2 Å². The van der Waals surface area contributed by atoms with Crippen LogP contribution in [0.5, 0.6) is 0 Å². The Labute approximate surface area is 120 Å². The summed E-state index contributed by atoms with van der Waals surface area (Å²) in [4.78, 5) is 14.2. The van der Waals surface area contributed by atoms with Crippen LogP contribution >= 0.6 is 23.7 Å². The standard InChI is InChI=1S/C13H22N2OS.ClH/c1-10-9-12(11(2)17-10)5-4-6-13(16)15-8-7-14-3;/h9,14H,4-8H2,1-3H3,(H,15,16);1H. The van der Waals surface area contributed by atoms with Crippen molar-refractivity contribution in [2.75, 3.05) is 20.1 Å². The lowest BCUT2D eigenvalue weighted by Gasteiger charge is -2.04. The summed E-state index contributed by atoms with van der Waals surface area (Å²) in [6.07, 6.45) is 2.57. The Hall–Kier alpha value is -0.580. The van der Waals surface area contributed by atoms with Crippen molar-refractivity contribution in [3.63, 3.8) is 0 Å². The predicted molar refractivity (Wildman–Crippen MR) is 80.9 cm³/mol. The number of halogens is 1. The molecule has 0 radical (unpaired) electrons. The third kappa shape index (κ3) is 6.38. The Morgan fingerprint density at radius 1 is 1.33 bits per heavy atom. The summed E-state index contributed by atoms with van der Waals surface area (Å²) in [5.41, 5.74) is 1.40. The van der Waals surface area contributed by atoms with Crippen LogP contribution in [0, 0.1) is 13.8 Å². The first-order valence-electron chi connectivity index (χ1n) is 6.10. The van der Waals surface area contributed by atoms with E-state index < -0.39 is 0 Å². The molecule has 0 bridgehead atoms. The molecule has 5 heteroatoms. The normalized spacial score (nSPS) is 9.94. The molecule has 0 atom stereocenters. The number of carbonyl (C=O) groups excluding carboxylic acids is 1. The quantitative estimate of drug-likeness (QED) is 0.758. The topological polar surface area (TPSA) is 41.1 Å². The van der Waals surface area contributed by atoms with E-state index in [1.807, 2.05) is 18.4 Å². The molecule has 0 aliphatic heterocycles. The van der Waals surface area contributed by atoms with E-state index >= 15 is 0 Å². The van der Waals surface area contributed by atoms with Gasteiger partial charge in [-0.2, -0.15) is 0 Å². The van der Waals surface area contributed by atoms with Gasteiger partial charge in [0.2, 0.25) is 5.91 Å². The maximum Gasteiger partial charge on any atom is 0.220 e. The Morgan fingerprint density at radius 2 is 2.06 bits per heavy atom. The number of hydrogen-bond donors (Lipinski definition) is 2. The first-order valence-corrected chi connectivity index (χ1v) is 6.92. The highest BCUT2D eigenvalue weighted by Crippen LogP contribution is 2.21. The van der Waals surface area contributed by atoms with Gasteiger partial charge in [-0.15, -0.1) is 23.7 Å². The number of hydrogen-bond acceptors (Lipinski definition) is 3. The molecule has 1 aromatic rings. The first kappa shape index (κ1) is 17.4. The fourth-order valence-electron chi connectivity index (χ4n) is 1.79. The van der Waals surface area contributed by atoms with Crippen molar-refractivity contribution < 1.29 is 4.79 Å². The van der Waals surface area contributed by atoms with Gasteiger partial charge in [-0.25, -0.2) is 0 Å². The van der Waals surface area contributed by atoms with Gasteiger partial charge in [-0.05, 0) is 45.4 Å². The van der Waals surface area contributed by atoms with E-state index in [0.29, 0.717) is 13.0 Å². The van der Waals surface area contributed by atoms with E-state index in [-0.39, 0.29) is 18.3 Å².